The Bertz CT molecular complexity index is 104. The lowest BCUT2D eigenvalue weighted by molar-refractivity contribution is 0.566. The summed E-state index contributed by atoms with van der Waals surface area (Å²) in [6.07, 6.45) is 3.26. The van der Waals surface area contributed by atoms with Crippen molar-refractivity contribution in [3.05, 3.63) is 0 Å². The fourth-order valence-corrected chi connectivity index (χ4v) is 0.734. The molecule has 0 rings (SSSR count). The summed E-state index contributed by atoms with van der Waals surface area (Å²) in [5, 5.41) is 11.7. The fourth-order valence-electron chi connectivity index (χ4n) is 0.734. The van der Waals surface area contributed by atoms with Gasteiger partial charge in [0.25, 0.3) is 0 Å². The lowest BCUT2D eigenvalue weighted by atomic mass is 10.2. The van der Waals surface area contributed by atoms with Crippen LogP contribution < -0.4 is 5.32 Å². The van der Waals surface area contributed by atoms with Crippen LogP contribution >= 0.6 is 0 Å². The summed E-state index contributed by atoms with van der Waals surface area (Å²) in [4.78, 5) is 0. The van der Waals surface area contributed by atoms with Crippen LogP contribution in [0.4, 0.5) is 0 Å². The number of nitriles is 1. The molecule has 1 N–H and O–H groups in total. The summed E-state index contributed by atoms with van der Waals surface area (Å²) in [5.41, 5.74) is 0. The fraction of sp³-hybridized carbons (Fsp3) is 0.875. The van der Waals surface area contributed by atoms with Gasteiger partial charge >= 0.3 is 0 Å². The highest BCUT2D eigenvalue weighted by Crippen LogP contribution is 1.89. The van der Waals surface area contributed by atoms with E-state index in [2.05, 4.69) is 18.3 Å². The molecule has 0 heterocycles. The maximum Gasteiger partial charge on any atom is 0.0950 e. The number of hydrogen-bond donors (Lipinski definition) is 1. The van der Waals surface area contributed by atoms with Crippen molar-refractivity contribution in [1.29, 1.82) is 5.26 Å². The number of rotatable bonds is 5. The van der Waals surface area contributed by atoms with Gasteiger partial charge in [0.05, 0.1) is 12.1 Å². The van der Waals surface area contributed by atoms with E-state index in [-0.39, 0.29) is 6.04 Å². The first kappa shape index (κ1) is 9.45. The van der Waals surface area contributed by atoms with Crippen LogP contribution in [0.25, 0.3) is 0 Å². The van der Waals surface area contributed by atoms with E-state index in [0.29, 0.717) is 0 Å². The highest BCUT2D eigenvalue weighted by molar-refractivity contribution is 4.87. The third-order valence-corrected chi connectivity index (χ3v) is 1.49. The lowest BCUT2D eigenvalue weighted by Crippen LogP contribution is -2.27. The van der Waals surface area contributed by atoms with Crippen molar-refractivity contribution in [3.8, 4) is 6.07 Å². The molecule has 10 heavy (non-hydrogen) atoms. The first-order chi connectivity index (χ1) is 4.85. The topological polar surface area (TPSA) is 35.8 Å². The van der Waals surface area contributed by atoms with Gasteiger partial charge in [-0.1, -0.05) is 20.3 Å². The molecular formula is C8H16N2. The molecule has 0 aromatic carbocycles. The molecule has 1 unspecified atom stereocenters. The second-order valence-corrected chi connectivity index (χ2v) is 2.40. The number of hydrogen-bond acceptors (Lipinski definition) is 2. The molecule has 58 valence electrons. The number of unbranched alkanes of at least 4 members (excludes halogenated alkanes) is 1. The predicted molar refractivity (Wildman–Crippen MR) is 42.6 cm³/mol. The third kappa shape index (κ3) is 4.34. The molecule has 0 bridgehead atoms. The molecule has 0 aliphatic carbocycles. The van der Waals surface area contributed by atoms with E-state index in [9.17, 15) is 0 Å². The van der Waals surface area contributed by atoms with Crippen LogP contribution in [0.5, 0.6) is 0 Å². The Morgan fingerprint density at radius 1 is 1.50 bits per heavy atom. The second-order valence-electron chi connectivity index (χ2n) is 2.40. The normalized spacial score (nSPS) is 12.5. The van der Waals surface area contributed by atoms with Crippen molar-refractivity contribution in [2.75, 3.05) is 6.54 Å². The zero-order chi connectivity index (χ0) is 7.82. The monoisotopic (exact) mass is 140 g/mol. The second kappa shape index (κ2) is 6.57. The van der Waals surface area contributed by atoms with Gasteiger partial charge in [0.15, 0.2) is 0 Å². The Hall–Kier alpha value is -0.550. The SMILES string of the molecule is CCCCNC(C#N)CC. The van der Waals surface area contributed by atoms with Gasteiger partial charge < -0.3 is 5.32 Å². The summed E-state index contributed by atoms with van der Waals surface area (Å²) in [5.74, 6) is 0. The first-order valence-electron chi connectivity index (χ1n) is 3.98. The quantitative estimate of drug-likeness (QED) is 0.590. The summed E-state index contributed by atoms with van der Waals surface area (Å²) < 4.78 is 0. The average Bonchev–Trinajstić information content (AvgIpc) is 1.99. The molecule has 0 fully saturated rings. The molecular weight excluding hydrogens is 124 g/mol. The highest BCUT2D eigenvalue weighted by atomic mass is 14.9. The van der Waals surface area contributed by atoms with Crippen LogP contribution in [0.15, 0.2) is 0 Å². The molecule has 0 aliphatic rings. The van der Waals surface area contributed by atoms with Crippen LogP contribution in [0.1, 0.15) is 33.1 Å². The van der Waals surface area contributed by atoms with Gasteiger partial charge in [-0.05, 0) is 19.4 Å². The number of nitrogens with one attached hydrogen (secondary N) is 1. The molecule has 2 nitrogen and oxygen atoms in total. The van der Waals surface area contributed by atoms with Crippen molar-refractivity contribution in [2.45, 2.75) is 39.2 Å². The first-order valence-corrected chi connectivity index (χ1v) is 3.98. The maximum absolute atomic E-state index is 8.51. The van der Waals surface area contributed by atoms with Gasteiger partial charge in [0.1, 0.15) is 0 Å². The van der Waals surface area contributed by atoms with Gasteiger partial charge in [-0.2, -0.15) is 5.26 Å². The van der Waals surface area contributed by atoms with E-state index in [1.165, 1.54) is 6.42 Å². The minimum absolute atomic E-state index is 0.0616. The largest absolute Gasteiger partial charge is 0.302 e. The molecule has 0 aromatic heterocycles. The molecule has 2 heteroatoms. The molecule has 0 radical (unpaired) electrons. The summed E-state index contributed by atoms with van der Waals surface area (Å²) in [7, 11) is 0. The van der Waals surface area contributed by atoms with Crippen LogP contribution in [0.2, 0.25) is 0 Å². The Kier molecular flexibility index (Phi) is 6.21. The van der Waals surface area contributed by atoms with Gasteiger partial charge in [-0.3, -0.25) is 0 Å². The zero-order valence-electron chi connectivity index (χ0n) is 6.85. The van der Waals surface area contributed by atoms with Crippen molar-refractivity contribution in [2.24, 2.45) is 0 Å². The Morgan fingerprint density at radius 3 is 2.60 bits per heavy atom. The summed E-state index contributed by atoms with van der Waals surface area (Å²) >= 11 is 0. The Balaban J connectivity index is 3.20. The summed E-state index contributed by atoms with van der Waals surface area (Å²) in [6, 6.07) is 2.26. The Morgan fingerprint density at radius 2 is 2.20 bits per heavy atom. The van der Waals surface area contributed by atoms with E-state index in [1.54, 1.807) is 0 Å². The molecule has 1 atom stereocenters. The van der Waals surface area contributed by atoms with E-state index in [1.807, 2.05) is 6.92 Å². The average molecular weight is 140 g/mol. The lowest BCUT2D eigenvalue weighted by Gasteiger charge is -2.06. The minimum atomic E-state index is 0.0616. The third-order valence-electron chi connectivity index (χ3n) is 1.49. The van der Waals surface area contributed by atoms with Crippen molar-refractivity contribution >= 4 is 0 Å². The minimum Gasteiger partial charge on any atom is -0.302 e. The van der Waals surface area contributed by atoms with Gasteiger partial charge in [0, 0.05) is 0 Å². The van der Waals surface area contributed by atoms with E-state index in [4.69, 9.17) is 5.26 Å². The standard InChI is InChI=1S/C8H16N2/c1-3-5-6-10-8(4-2)7-9/h8,10H,3-6H2,1-2H3. The maximum atomic E-state index is 8.51. The smallest absolute Gasteiger partial charge is 0.0950 e. The zero-order valence-corrected chi connectivity index (χ0v) is 6.85. The summed E-state index contributed by atoms with van der Waals surface area (Å²) in [6.45, 7) is 5.14. The molecule has 0 aliphatic heterocycles. The molecule has 0 amide bonds. The molecule has 0 spiro atoms. The van der Waals surface area contributed by atoms with Crippen LogP contribution in [0.3, 0.4) is 0 Å². The van der Waals surface area contributed by atoms with Crippen molar-refractivity contribution < 1.29 is 0 Å². The highest BCUT2D eigenvalue weighted by Gasteiger charge is 1.99. The van der Waals surface area contributed by atoms with Gasteiger partial charge in [-0.25, -0.2) is 0 Å². The van der Waals surface area contributed by atoms with Gasteiger partial charge in [0.2, 0.25) is 0 Å². The predicted octanol–water partition coefficient (Wildman–Crippen LogP) is 1.68. The molecule has 0 aromatic rings. The Labute approximate surface area is 63.2 Å². The van der Waals surface area contributed by atoms with Crippen molar-refractivity contribution in [3.63, 3.8) is 0 Å². The van der Waals surface area contributed by atoms with Crippen molar-refractivity contribution in [1.82, 2.24) is 5.32 Å². The molecule has 0 saturated heterocycles. The van der Waals surface area contributed by atoms with E-state index in [0.717, 1.165) is 19.4 Å². The van der Waals surface area contributed by atoms with E-state index >= 15 is 0 Å². The molecule has 0 saturated carbocycles. The van der Waals surface area contributed by atoms with Gasteiger partial charge in [-0.15, -0.1) is 0 Å². The van der Waals surface area contributed by atoms with Crippen LogP contribution in [-0.4, -0.2) is 12.6 Å². The van der Waals surface area contributed by atoms with Crippen LogP contribution in [0, 0.1) is 11.3 Å². The van der Waals surface area contributed by atoms with E-state index < -0.39 is 0 Å². The van der Waals surface area contributed by atoms with Crippen LogP contribution in [-0.2, 0) is 0 Å². The number of nitrogens with zero attached hydrogens (tertiary/aromatic N) is 1.